The smallest absolute Gasteiger partial charge is 0.166 e. The van der Waals surface area contributed by atoms with Gasteiger partial charge in [0.2, 0.25) is 0 Å². The molecule has 4 nitrogen and oxygen atoms in total. The van der Waals surface area contributed by atoms with Crippen molar-refractivity contribution in [3.63, 3.8) is 0 Å². The van der Waals surface area contributed by atoms with Gasteiger partial charge in [0.15, 0.2) is 5.16 Å². The monoisotopic (exact) mass is 291 g/mol. The third kappa shape index (κ3) is 3.27. The molecular formula is C15H21N3OS. The van der Waals surface area contributed by atoms with Crippen molar-refractivity contribution in [2.24, 2.45) is 5.92 Å². The lowest BCUT2D eigenvalue weighted by Gasteiger charge is -2.21. The lowest BCUT2D eigenvalue weighted by Crippen LogP contribution is -2.28. The van der Waals surface area contributed by atoms with E-state index in [1.165, 1.54) is 12.8 Å². The van der Waals surface area contributed by atoms with Gasteiger partial charge in [0.1, 0.15) is 5.75 Å². The minimum absolute atomic E-state index is 0.691. The van der Waals surface area contributed by atoms with Crippen molar-refractivity contribution in [2.75, 3.05) is 25.4 Å². The fourth-order valence-electron chi connectivity index (χ4n) is 2.54. The van der Waals surface area contributed by atoms with Crippen LogP contribution in [0.2, 0.25) is 0 Å². The minimum atomic E-state index is 0.691. The number of imidazole rings is 1. The van der Waals surface area contributed by atoms with Crippen LogP contribution in [0.5, 0.6) is 5.75 Å². The molecule has 0 bridgehead atoms. The van der Waals surface area contributed by atoms with Crippen molar-refractivity contribution in [2.45, 2.75) is 24.9 Å². The number of thioether (sulfide) groups is 1. The molecule has 1 saturated heterocycles. The molecular weight excluding hydrogens is 270 g/mol. The number of hydrogen-bond donors (Lipinski definition) is 2. The van der Waals surface area contributed by atoms with Crippen LogP contribution in [-0.4, -0.2) is 35.4 Å². The number of aromatic nitrogens is 2. The Bertz CT molecular complexity index is 563. The van der Waals surface area contributed by atoms with Gasteiger partial charge >= 0.3 is 0 Å². The van der Waals surface area contributed by atoms with E-state index in [1.54, 1.807) is 0 Å². The van der Waals surface area contributed by atoms with Crippen molar-refractivity contribution in [1.29, 1.82) is 0 Å². The second-order valence-corrected chi connectivity index (χ2v) is 6.17. The SMILES string of the molecule is CCOc1ccc2nc(SCC3CCNCC3)[nH]c2c1. The van der Waals surface area contributed by atoms with Gasteiger partial charge in [-0.3, -0.25) is 0 Å². The van der Waals surface area contributed by atoms with Gasteiger partial charge in [-0.2, -0.15) is 0 Å². The lowest BCUT2D eigenvalue weighted by molar-refractivity contribution is 0.340. The lowest BCUT2D eigenvalue weighted by atomic mass is 10.0. The van der Waals surface area contributed by atoms with Gasteiger partial charge in [0, 0.05) is 11.8 Å². The molecule has 0 unspecified atom stereocenters. The molecule has 108 valence electrons. The molecule has 1 fully saturated rings. The molecule has 2 heterocycles. The fourth-order valence-corrected chi connectivity index (χ4v) is 3.61. The third-order valence-corrected chi connectivity index (χ3v) is 4.76. The Morgan fingerprint density at radius 3 is 3.00 bits per heavy atom. The molecule has 1 aliphatic rings. The zero-order valence-electron chi connectivity index (χ0n) is 11.8. The summed E-state index contributed by atoms with van der Waals surface area (Å²) in [6, 6.07) is 6.03. The highest BCUT2D eigenvalue weighted by Crippen LogP contribution is 2.26. The highest BCUT2D eigenvalue weighted by atomic mass is 32.2. The van der Waals surface area contributed by atoms with E-state index in [9.17, 15) is 0 Å². The average molecular weight is 291 g/mol. The van der Waals surface area contributed by atoms with Crippen molar-refractivity contribution >= 4 is 22.8 Å². The summed E-state index contributed by atoms with van der Waals surface area (Å²) in [5.74, 6) is 2.87. The third-order valence-electron chi connectivity index (χ3n) is 3.66. The zero-order valence-corrected chi connectivity index (χ0v) is 12.6. The number of ether oxygens (including phenoxy) is 1. The van der Waals surface area contributed by atoms with Crippen LogP contribution in [0.15, 0.2) is 23.4 Å². The second kappa shape index (κ2) is 6.50. The minimum Gasteiger partial charge on any atom is -0.494 e. The average Bonchev–Trinajstić information content (AvgIpc) is 2.89. The summed E-state index contributed by atoms with van der Waals surface area (Å²) in [6.07, 6.45) is 2.56. The number of piperidine rings is 1. The first-order valence-corrected chi connectivity index (χ1v) is 8.30. The Kier molecular flexibility index (Phi) is 4.47. The van der Waals surface area contributed by atoms with Crippen LogP contribution in [-0.2, 0) is 0 Å². The van der Waals surface area contributed by atoms with E-state index in [0.29, 0.717) is 6.61 Å². The number of nitrogens with zero attached hydrogens (tertiary/aromatic N) is 1. The largest absolute Gasteiger partial charge is 0.494 e. The number of aromatic amines is 1. The molecule has 0 spiro atoms. The Hall–Kier alpha value is -1.20. The summed E-state index contributed by atoms with van der Waals surface area (Å²) in [5, 5.41) is 4.43. The van der Waals surface area contributed by atoms with E-state index < -0.39 is 0 Å². The molecule has 1 aliphatic heterocycles. The number of benzene rings is 1. The first kappa shape index (κ1) is 13.8. The van der Waals surface area contributed by atoms with Crippen LogP contribution in [0.1, 0.15) is 19.8 Å². The van der Waals surface area contributed by atoms with Crippen LogP contribution >= 0.6 is 11.8 Å². The topological polar surface area (TPSA) is 49.9 Å². The van der Waals surface area contributed by atoms with Crippen molar-refractivity contribution in [3.8, 4) is 5.75 Å². The first-order chi connectivity index (χ1) is 9.85. The Labute approximate surface area is 123 Å². The molecule has 1 aromatic heterocycles. The molecule has 2 N–H and O–H groups in total. The number of hydrogen-bond acceptors (Lipinski definition) is 4. The summed E-state index contributed by atoms with van der Waals surface area (Å²) >= 11 is 1.84. The molecule has 1 aromatic carbocycles. The molecule has 3 rings (SSSR count). The Balaban J connectivity index is 1.65. The van der Waals surface area contributed by atoms with E-state index in [-0.39, 0.29) is 0 Å². The summed E-state index contributed by atoms with van der Waals surface area (Å²) < 4.78 is 5.52. The van der Waals surface area contributed by atoms with E-state index in [1.807, 2.05) is 36.9 Å². The quantitative estimate of drug-likeness (QED) is 0.831. The molecule has 0 saturated carbocycles. The Morgan fingerprint density at radius 2 is 2.20 bits per heavy atom. The number of nitrogens with one attached hydrogen (secondary N) is 2. The van der Waals surface area contributed by atoms with Gasteiger partial charge in [0.05, 0.1) is 17.6 Å². The molecule has 0 aliphatic carbocycles. The highest BCUT2D eigenvalue weighted by molar-refractivity contribution is 7.99. The Morgan fingerprint density at radius 1 is 1.35 bits per heavy atom. The molecule has 2 aromatic rings. The number of rotatable bonds is 5. The summed E-state index contributed by atoms with van der Waals surface area (Å²) in [4.78, 5) is 8.02. The van der Waals surface area contributed by atoms with Gasteiger partial charge in [-0.1, -0.05) is 11.8 Å². The van der Waals surface area contributed by atoms with Crippen molar-refractivity contribution in [3.05, 3.63) is 18.2 Å². The predicted octanol–water partition coefficient (Wildman–Crippen LogP) is 3.05. The summed E-state index contributed by atoms with van der Waals surface area (Å²) in [7, 11) is 0. The summed E-state index contributed by atoms with van der Waals surface area (Å²) in [5.41, 5.74) is 2.07. The van der Waals surface area contributed by atoms with Gasteiger partial charge < -0.3 is 15.0 Å². The maximum absolute atomic E-state index is 5.52. The summed E-state index contributed by atoms with van der Waals surface area (Å²) in [6.45, 7) is 5.00. The van der Waals surface area contributed by atoms with Gasteiger partial charge in [-0.15, -0.1) is 0 Å². The van der Waals surface area contributed by atoms with Crippen molar-refractivity contribution < 1.29 is 4.74 Å². The van der Waals surface area contributed by atoms with Crippen LogP contribution in [0.3, 0.4) is 0 Å². The molecule has 0 amide bonds. The number of fused-ring (bicyclic) bond motifs is 1. The van der Waals surface area contributed by atoms with Gasteiger partial charge in [0.25, 0.3) is 0 Å². The second-order valence-electron chi connectivity index (χ2n) is 5.16. The van der Waals surface area contributed by atoms with Crippen molar-refractivity contribution in [1.82, 2.24) is 15.3 Å². The van der Waals surface area contributed by atoms with Crippen LogP contribution < -0.4 is 10.1 Å². The standard InChI is InChI=1S/C15H21N3OS/c1-2-19-12-3-4-13-14(9-12)18-15(17-13)20-10-11-5-7-16-8-6-11/h3-4,9,11,16H,2,5-8,10H2,1H3,(H,17,18). The first-order valence-electron chi connectivity index (χ1n) is 7.31. The molecule has 5 heteroatoms. The molecule has 0 atom stereocenters. The van der Waals surface area contributed by atoms with Gasteiger partial charge in [-0.25, -0.2) is 4.98 Å². The predicted molar refractivity (Wildman–Crippen MR) is 83.6 cm³/mol. The fraction of sp³-hybridized carbons (Fsp3) is 0.533. The molecule has 0 radical (unpaired) electrons. The van der Waals surface area contributed by atoms with Crippen LogP contribution in [0.4, 0.5) is 0 Å². The normalized spacial score (nSPS) is 16.6. The van der Waals surface area contributed by atoms with E-state index in [4.69, 9.17) is 4.74 Å². The van der Waals surface area contributed by atoms with E-state index in [2.05, 4.69) is 15.3 Å². The highest BCUT2D eigenvalue weighted by Gasteiger charge is 2.14. The number of H-pyrrole nitrogens is 1. The van der Waals surface area contributed by atoms with Crippen LogP contribution in [0, 0.1) is 5.92 Å². The molecule has 20 heavy (non-hydrogen) atoms. The zero-order chi connectivity index (χ0) is 13.8. The van der Waals surface area contributed by atoms with Crippen LogP contribution in [0.25, 0.3) is 11.0 Å². The maximum atomic E-state index is 5.52. The maximum Gasteiger partial charge on any atom is 0.166 e. The van der Waals surface area contributed by atoms with Gasteiger partial charge in [-0.05, 0) is 50.9 Å². The van der Waals surface area contributed by atoms with E-state index in [0.717, 1.165) is 46.7 Å². The van der Waals surface area contributed by atoms with E-state index >= 15 is 0 Å².